The molecule has 6 heteroatoms. The monoisotopic (exact) mass is 280 g/mol. The lowest BCUT2D eigenvalue weighted by molar-refractivity contribution is -0.149. The molecule has 0 unspecified atom stereocenters. The first-order chi connectivity index (χ1) is 9.63. The van der Waals surface area contributed by atoms with Crippen LogP contribution in [0.3, 0.4) is 0 Å². The Hall–Kier alpha value is -1.98. The number of rotatable bonds is 3. The normalized spacial score (nSPS) is 16.0. The van der Waals surface area contributed by atoms with E-state index in [0.29, 0.717) is 32.5 Å². The summed E-state index contributed by atoms with van der Waals surface area (Å²) in [6.07, 6.45) is 3.52. The van der Waals surface area contributed by atoms with Crippen molar-refractivity contribution in [1.29, 1.82) is 0 Å². The van der Waals surface area contributed by atoms with Gasteiger partial charge in [-0.2, -0.15) is 0 Å². The second kappa shape index (κ2) is 6.45. The summed E-state index contributed by atoms with van der Waals surface area (Å²) in [5.74, 6) is -1.35. The third-order valence-electron chi connectivity index (χ3n) is 3.40. The Morgan fingerprint density at radius 1 is 1.45 bits per heavy atom. The minimum absolute atomic E-state index is 0.0228. The SMILES string of the molecule is CCOC(=O)C1CCN(C(=O)c2ccncc2F)CC1. The van der Waals surface area contributed by atoms with E-state index in [4.69, 9.17) is 4.74 Å². The summed E-state index contributed by atoms with van der Waals surface area (Å²) in [5.41, 5.74) is 0.0228. The Balaban J connectivity index is 1.96. The van der Waals surface area contributed by atoms with Crippen molar-refractivity contribution in [3.05, 3.63) is 29.8 Å². The van der Waals surface area contributed by atoms with Gasteiger partial charge < -0.3 is 9.64 Å². The predicted molar refractivity (Wildman–Crippen MR) is 69.5 cm³/mol. The number of hydrogen-bond donors (Lipinski definition) is 0. The van der Waals surface area contributed by atoms with Crippen molar-refractivity contribution < 1.29 is 18.7 Å². The molecule has 1 amide bonds. The number of carbonyl (C=O) groups excluding carboxylic acids is 2. The van der Waals surface area contributed by atoms with Gasteiger partial charge in [0.1, 0.15) is 0 Å². The predicted octanol–water partition coefficient (Wildman–Crippen LogP) is 1.64. The molecule has 0 aromatic carbocycles. The minimum Gasteiger partial charge on any atom is -0.466 e. The van der Waals surface area contributed by atoms with Gasteiger partial charge in [-0.05, 0) is 25.8 Å². The van der Waals surface area contributed by atoms with Crippen LogP contribution in [0.4, 0.5) is 4.39 Å². The smallest absolute Gasteiger partial charge is 0.309 e. The van der Waals surface area contributed by atoms with Crippen LogP contribution in [0, 0.1) is 11.7 Å². The number of pyridine rings is 1. The number of carbonyl (C=O) groups is 2. The van der Waals surface area contributed by atoms with Gasteiger partial charge in [0.25, 0.3) is 5.91 Å². The van der Waals surface area contributed by atoms with Gasteiger partial charge in [0.05, 0.1) is 24.3 Å². The molecule has 1 fully saturated rings. The Labute approximate surface area is 116 Å². The fourth-order valence-corrected chi connectivity index (χ4v) is 2.30. The minimum atomic E-state index is -0.620. The molecule has 0 atom stereocenters. The topological polar surface area (TPSA) is 59.5 Å². The summed E-state index contributed by atoms with van der Waals surface area (Å²) >= 11 is 0. The van der Waals surface area contributed by atoms with Crippen LogP contribution in [-0.2, 0) is 9.53 Å². The van der Waals surface area contributed by atoms with Gasteiger partial charge in [0, 0.05) is 19.3 Å². The third-order valence-corrected chi connectivity index (χ3v) is 3.40. The van der Waals surface area contributed by atoms with Crippen LogP contribution in [0.2, 0.25) is 0 Å². The molecule has 1 saturated heterocycles. The van der Waals surface area contributed by atoms with E-state index >= 15 is 0 Å². The van der Waals surface area contributed by atoms with Crippen molar-refractivity contribution in [2.24, 2.45) is 5.92 Å². The molecule has 1 aliphatic heterocycles. The molecular formula is C14H17FN2O3. The highest BCUT2D eigenvalue weighted by Gasteiger charge is 2.29. The molecule has 1 aliphatic rings. The molecule has 2 rings (SSSR count). The van der Waals surface area contributed by atoms with Crippen LogP contribution in [0.5, 0.6) is 0 Å². The molecule has 0 radical (unpaired) electrons. The Kier molecular flexibility index (Phi) is 4.65. The largest absolute Gasteiger partial charge is 0.466 e. The summed E-state index contributed by atoms with van der Waals surface area (Å²) < 4.78 is 18.5. The molecule has 0 aliphatic carbocycles. The van der Waals surface area contributed by atoms with Gasteiger partial charge >= 0.3 is 5.97 Å². The number of hydrogen-bond acceptors (Lipinski definition) is 4. The number of piperidine rings is 1. The summed E-state index contributed by atoms with van der Waals surface area (Å²) in [5, 5.41) is 0. The number of ether oxygens (including phenoxy) is 1. The van der Waals surface area contributed by atoms with Crippen molar-refractivity contribution >= 4 is 11.9 Å². The van der Waals surface area contributed by atoms with Crippen LogP contribution in [0.15, 0.2) is 18.5 Å². The number of amides is 1. The second-order valence-electron chi connectivity index (χ2n) is 4.67. The first-order valence-electron chi connectivity index (χ1n) is 6.69. The quantitative estimate of drug-likeness (QED) is 0.790. The summed E-state index contributed by atoms with van der Waals surface area (Å²) in [6, 6.07) is 1.37. The Morgan fingerprint density at radius 3 is 2.75 bits per heavy atom. The highest BCUT2D eigenvalue weighted by Crippen LogP contribution is 2.20. The Morgan fingerprint density at radius 2 is 2.15 bits per heavy atom. The highest BCUT2D eigenvalue weighted by atomic mass is 19.1. The molecule has 108 valence electrons. The fourth-order valence-electron chi connectivity index (χ4n) is 2.30. The zero-order valence-electron chi connectivity index (χ0n) is 11.3. The molecule has 1 aromatic rings. The zero-order valence-corrected chi connectivity index (χ0v) is 11.3. The lowest BCUT2D eigenvalue weighted by Crippen LogP contribution is -2.41. The van der Waals surface area contributed by atoms with E-state index in [1.807, 2.05) is 0 Å². The second-order valence-corrected chi connectivity index (χ2v) is 4.67. The van der Waals surface area contributed by atoms with Crippen molar-refractivity contribution in [2.45, 2.75) is 19.8 Å². The first-order valence-corrected chi connectivity index (χ1v) is 6.69. The number of likely N-dealkylation sites (tertiary alicyclic amines) is 1. The van der Waals surface area contributed by atoms with E-state index in [9.17, 15) is 14.0 Å². The van der Waals surface area contributed by atoms with Gasteiger partial charge in [0.15, 0.2) is 5.82 Å². The van der Waals surface area contributed by atoms with E-state index < -0.39 is 5.82 Å². The maximum Gasteiger partial charge on any atom is 0.309 e. The van der Waals surface area contributed by atoms with Crippen molar-refractivity contribution in [3.8, 4) is 0 Å². The lowest BCUT2D eigenvalue weighted by atomic mass is 9.96. The van der Waals surface area contributed by atoms with E-state index in [1.54, 1.807) is 11.8 Å². The summed E-state index contributed by atoms with van der Waals surface area (Å²) in [7, 11) is 0. The van der Waals surface area contributed by atoms with Gasteiger partial charge in [-0.25, -0.2) is 4.39 Å². The molecule has 0 bridgehead atoms. The highest BCUT2D eigenvalue weighted by molar-refractivity contribution is 5.94. The fraction of sp³-hybridized carbons (Fsp3) is 0.500. The number of aromatic nitrogens is 1. The van der Waals surface area contributed by atoms with E-state index in [2.05, 4.69) is 4.98 Å². The van der Waals surface area contributed by atoms with Crippen molar-refractivity contribution in [1.82, 2.24) is 9.88 Å². The number of esters is 1. The van der Waals surface area contributed by atoms with Gasteiger partial charge in [0.2, 0.25) is 0 Å². The van der Waals surface area contributed by atoms with E-state index in [-0.39, 0.29) is 23.4 Å². The molecule has 5 nitrogen and oxygen atoms in total. The standard InChI is InChI=1S/C14H17FN2O3/c1-2-20-14(19)10-4-7-17(8-5-10)13(18)11-3-6-16-9-12(11)15/h3,6,9-10H,2,4-5,7-8H2,1H3. The average molecular weight is 280 g/mol. The third kappa shape index (κ3) is 3.12. The van der Waals surface area contributed by atoms with Crippen LogP contribution in [0.1, 0.15) is 30.1 Å². The Bertz CT molecular complexity index is 499. The first kappa shape index (κ1) is 14.4. The van der Waals surface area contributed by atoms with Crippen LogP contribution < -0.4 is 0 Å². The average Bonchev–Trinajstić information content (AvgIpc) is 2.47. The molecule has 0 saturated carbocycles. The molecule has 0 N–H and O–H groups in total. The van der Waals surface area contributed by atoms with Crippen LogP contribution in [-0.4, -0.2) is 41.5 Å². The van der Waals surface area contributed by atoms with Crippen molar-refractivity contribution in [2.75, 3.05) is 19.7 Å². The van der Waals surface area contributed by atoms with Gasteiger partial charge in [-0.3, -0.25) is 14.6 Å². The molecule has 0 spiro atoms. The molecule has 20 heavy (non-hydrogen) atoms. The van der Waals surface area contributed by atoms with E-state index in [0.717, 1.165) is 6.20 Å². The zero-order chi connectivity index (χ0) is 14.5. The van der Waals surface area contributed by atoms with Crippen molar-refractivity contribution in [3.63, 3.8) is 0 Å². The maximum absolute atomic E-state index is 13.5. The molecule has 1 aromatic heterocycles. The van der Waals surface area contributed by atoms with Crippen LogP contribution >= 0.6 is 0 Å². The summed E-state index contributed by atoms with van der Waals surface area (Å²) in [6.45, 7) is 3.00. The lowest BCUT2D eigenvalue weighted by Gasteiger charge is -2.30. The number of halogens is 1. The van der Waals surface area contributed by atoms with Gasteiger partial charge in [-0.1, -0.05) is 0 Å². The molecular weight excluding hydrogens is 263 g/mol. The van der Waals surface area contributed by atoms with Crippen LogP contribution in [0.25, 0.3) is 0 Å². The molecule has 2 heterocycles. The van der Waals surface area contributed by atoms with E-state index in [1.165, 1.54) is 12.3 Å². The summed E-state index contributed by atoms with van der Waals surface area (Å²) in [4.78, 5) is 29.0. The maximum atomic E-state index is 13.5. The number of nitrogens with zero attached hydrogens (tertiary/aromatic N) is 2. The van der Waals surface area contributed by atoms with Gasteiger partial charge in [-0.15, -0.1) is 0 Å².